The molecular formula is C36H34N4O4S2. The van der Waals surface area contributed by atoms with Crippen molar-refractivity contribution in [3.05, 3.63) is 119 Å². The van der Waals surface area contributed by atoms with Crippen molar-refractivity contribution in [3.63, 3.8) is 0 Å². The Hall–Kier alpha value is -4.93. The van der Waals surface area contributed by atoms with E-state index in [1.165, 1.54) is 23.1 Å². The van der Waals surface area contributed by atoms with Crippen molar-refractivity contribution in [1.29, 1.82) is 0 Å². The molecule has 8 nitrogen and oxygen atoms in total. The third-order valence-corrected chi connectivity index (χ3v) is 9.13. The number of nitrogens with one attached hydrogen (secondary N) is 3. The number of anilines is 2. The van der Waals surface area contributed by atoms with Crippen molar-refractivity contribution in [3.8, 4) is 5.75 Å². The van der Waals surface area contributed by atoms with E-state index in [1.807, 2.05) is 81.4 Å². The number of amides is 3. The summed E-state index contributed by atoms with van der Waals surface area (Å²) in [5.74, 6) is -0.321. The van der Waals surface area contributed by atoms with E-state index in [1.54, 1.807) is 36.4 Å². The SMILES string of the molecule is CCOc1ccc(/C=C(/NC(=O)c2ccccc2)C(=O)Nc2cccc(SC(CC)C(=O)Nc3nc4ccc(C)cc4s3)c2)cc1. The number of benzene rings is 4. The highest BCUT2D eigenvalue weighted by Gasteiger charge is 2.21. The maximum Gasteiger partial charge on any atom is 0.272 e. The first-order valence-electron chi connectivity index (χ1n) is 14.9. The lowest BCUT2D eigenvalue weighted by Crippen LogP contribution is -2.30. The Morgan fingerprint density at radius 3 is 2.43 bits per heavy atom. The Bertz CT molecular complexity index is 1870. The number of nitrogens with zero attached hydrogens (tertiary/aromatic N) is 1. The normalized spacial score (nSPS) is 11.9. The largest absolute Gasteiger partial charge is 0.494 e. The van der Waals surface area contributed by atoms with E-state index in [0.29, 0.717) is 40.7 Å². The number of hydrogen-bond acceptors (Lipinski definition) is 7. The highest BCUT2D eigenvalue weighted by atomic mass is 32.2. The molecule has 1 atom stereocenters. The molecule has 0 aliphatic heterocycles. The van der Waals surface area contributed by atoms with E-state index < -0.39 is 11.8 Å². The van der Waals surface area contributed by atoms with Gasteiger partial charge in [0, 0.05) is 16.1 Å². The highest BCUT2D eigenvalue weighted by Crippen LogP contribution is 2.31. The van der Waals surface area contributed by atoms with E-state index in [2.05, 4.69) is 27.0 Å². The molecule has 46 heavy (non-hydrogen) atoms. The number of aromatic nitrogens is 1. The number of thioether (sulfide) groups is 1. The summed E-state index contributed by atoms with van der Waals surface area (Å²) in [7, 11) is 0. The van der Waals surface area contributed by atoms with E-state index in [0.717, 1.165) is 20.7 Å². The van der Waals surface area contributed by atoms with Crippen LogP contribution in [0.2, 0.25) is 0 Å². The van der Waals surface area contributed by atoms with Gasteiger partial charge in [-0.3, -0.25) is 14.4 Å². The smallest absolute Gasteiger partial charge is 0.272 e. The number of carbonyl (C=O) groups excluding carboxylic acids is 3. The molecule has 5 aromatic rings. The van der Waals surface area contributed by atoms with Gasteiger partial charge in [0.05, 0.1) is 22.1 Å². The van der Waals surface area contributed by atoms with Crippen LogP contribution in [0.4, 0.5) is 10.8 Å². The Morgan fingerprint density at radius 1 is 0.913 bits per heavy atom. The standard InChI is InChI=1S/C36H34N4O4S2/c1-4-31(35(43)40-36-39-29-19-14-23(3)20-32(29)46-36)45-28-13-9-12-26(22-28)37-34(42)30(38-33(41)25-10-7-6-8-11-25)21-24-15-17-27(18-16-24)44-5-2/h6-22,31H,4-5H2,1-3H3,(H,37,42)(H,38,41)(H,39,40,43)/b30-21+. The first kappa shape index (κ1) is 32.5. The molecule has 0 aliphatic carbocycles. The van der Waals surface area contributed by atoms with Crippen LogP contribution in [0.15, 0.2) is 108 Å². The quantitative estimate of drug-likeness (QED) is 0.0935. The number of thiazole rings is 1. The average molecular weight is 651 g/mol. The van der Waals surface area contributed by atoms with Crippen LogP contribution < -0.4 is 20.7 Å². The van der Waals surface area contributed by atoms with E-state index in [4.69, 9.17) is 4.74 Å². The number of ether oxygens (including phenoxy) is 1. The zero-order chi connectivity index (χ0) is 32.5. The summed E-state index contributed by atoms with van der Waals surface area (Å²) in [6.45, 7) is 6.43. The summed E-state index contributed by atoms with van der Waals surface area (Å²) >= 11 is 2.86. The second kappa shape index (κ2) is 15.4. The molecule has 0 aliphatic rings. The summed E-state index contributed by atoms with van der Waals surface area (Å²) in [5.41, 5.74) is 3.74. The van der Waals surface area contributed by atoms with Gasteiger partial charge in [-0.1, -0.05) is 60.7 Å². The van der Waals surface area contributed by atoms with Gasteiger partial charge in [-0.15, -0.1) is 11.8 Å². The molecule has 0 saturated heterocycles. The summed E-state index contributed by atoms with van der Waals surface area (Å²) in [5, 5.41) is 8.83. The van der Waals surface area contributed by atoms with Crippen molar-refractivity contribution in [1.82, 2.24) is 10.3 Å². The maximum absolute atomic E-state index is 13.6. The summed E-state index contributed by atoms with van der Waals surface area (Å²) in [6, 6.07) is 29.2. The number of rotatable bonds is 12. The average Bonchev–Trinajstić information content (AvgIpc) is 3.46. The van der Waals surface area contributed by atoms with Gasteiger partial charge in [0.25, 0.3) is 11.8 Å². The van der Waals surface area contributed by atoms with Crippen LogP contribution in [0, 0.1) is 6.92 Å². The molecular weight excluding hydrogens is 617 g/mol. The molecule has 1 heterocycles. The predicted octanol–water partition coefficient (Wildman–Crippen LogP) is 7.92. The fourth-order valence-electron chi connectivity index (χ4n) is 4.54. The van der Waals surface area contributed by atoms with Crippen molar-refractivity contribution in [2.24, 2.45) is 0 Å². The molecule has 4 aromatic carbocycles. The molecule has 3 N–H and O–H groups in total. The minimum Gasteiger partial charge on any atom is -0.494 e. The van der Waals surface area contributed by atoms with Crippen molar-refractivity contribution in [2.75, 3.05) is 17.2 Å². The number of hydrogen-bond donors (Lipinski definition) is 3. The van der Waals surface area contributed by atoms with Crippen molar-refractivity contribution >= 4 is 67.9 Å². The van der Waals surface area contributed by atoms with E-state index >= 15 is 0 Å². The topological polar surface area (TPSA) is 109 Å². The zero-order valence-electron chi connectivity index (χ0n) is 25.7. The van der Waals surface area contributed by atoms with Crippen LogP contribution in [0.1, 0.15) is 41.8 Å². The Morgan fingerprint density at radius 2 is 1.70 bits per heavy atom. The first-order valence-corrected chi connectivity index (χ1v) is 16.6. The summed E-state index contributed by atoms with van der Waals surface area (Å²) < 4.78 is 6.55. The molecule has 1 aromatic heterocycles. The van der Waals surface area contributed by atoms with Crippen molar-refractivity contribution in [2.45, 2.75) is 37.3 Å². The minimum atomic E-state index is -0.490. The predicted molar refractivity (Wildman–Crippen MR) is 187 cm³/mol. The van der Waals surface area contributed by atoms with Crippen LogP contribution >= 0.6 is 23.1 Å². The van der Waals surface area contributed by atoms with Crippen LogP contribution in [-0.2, 0) is 9.59 Å². The van der Waals surface area contributed by atoms with Gasteiger partial charge in [-0.05, 0) is 92.1 Å². The Kier molecular flexibility index (Phi) is 10.9. The third-order valence-electron chi connectivity index (χ3n) is 6.84. The van der Waals surface area contributed by atoms with E-state index in [-0.39, 0.29) is 16.9 Å². The number of aryl methyl sites for hydroxylation is 1. The zero-order valence-corrected chi connectivity index (χ0v) is 27.3. The van der Waals surface area contributed by atoms with Gasteiger partial charge in [0.2, 0.25) is 5.91 Å². The molecule has 234 valence electrons. The summed E-state index contributed by atoms with van der Waals surface area (Å²) in [4.78, 5) is 45.1. The lowest BCUT2D eigenvalue weighted by atomic mass is 10.1. The van der Waals surface area contributed by atoms with E-state index in [9.17, 15) is 14.4 Å². The fraction of sp³-hybridized carbons (Fsp3) is 0.167. The lowest BCUT2D eigenvalue weighted by Gasteiger charge is -2.15. The van der Waals surface area contributed by atoms with Gasteiger partial charge in [-0.25, -0.2) is 4.98 Å². The fourth-order valence-corrected chi connectivity index (χ4v) is 6.52. The van der Waals surface area contributed by atoms with Crippen LogP contribution in [0.5, 0.6) is 5.75 Å². The van der Waals surface area contributed by atoms with Gasteiger partial charge in [0.1, 0.15) is 11.4 Å². The monoisotopic (exact) mass is 650 g/mol. The van der Waals surface area contributed by atoms with Gasteiger partial charge in [-0.2, -0.15) is 0 Å². The van der Waals surface area contributed by atoms with Gasteiger partial charge in [0.15, 0.2) is 5.13 Å². The van der Waals surface area contributed by atoms with Gasteiger partial charge >= 0.3 is 0 Å². The maximum atomic E-state index is 13.6. The molecule has 3 amide bonds. The Balaban J connectivity index is 1.30. The molecule has 1 unspecified atom stereocenters. The van der Waals surface area contributed by atoms with Crippen LogP contribution in [0.3, 0.4) is 0 Å². The first-order chi connectivity index (χ1) is 22.3. The highest BCUT2D eigenvalue weighted by molar-refractivity contribution is 8.00. The molecule has 10 heteroatoms. The second-order valence-electron chi connectivity index (χ2n) is 10.4. The van der Waals surface area contributed by atoms with Crippen LogP contribution in [-0.4, -0.2) is 34.6 Å². The van der Waals surface area contributed by atoms with Crippen LogP contribution in [0.25, 0.3) is 16.3 Å². The second-order valence-corrected chi connectivity index (χ2v) is 12.7. The summed E-state index contributed by atoms with van der Waals surface area (Å²) in [6.07, 6.45) is 2.21. The number of carbonyl (C=O) groups is 3. The lowest BCUT2D eigenvalue weighted by molar-refractivity contribution is -0.116. The third kappa shape index (κ3) is 8.62. The molecule has 0 spiro atoms. The molecule has 0 radical (unpaired) electrons. The van der Waals surface area contributed by atoms with Gasteiger partial charge < -0.3 is 20.7 Å². The number of fused-ring (bicyclic) bond motifs is 1. The molecule has 0 bridgehead atoms. The minimum absolute atomic E-state index is 0.0768. The molecule has 0 fully saturated rings. The Labute approximate surface area is 276 Å². The van der Waals surface area contributed by atoms with Crippen molar-refractivity contribution < 1.29 is 19.1 Å². The molecule has 5 rings (SSSR count). The molecule has 0 saturated carbocycles.